The predicted octanol–water partition coefficient (Wildman–Crippen LogP) is 5.09. The zero-order chi connectivity index (χ0) is 16.3. The number of aliphatic carboxylic acids is 1. The summed E-state index contributed by atoms with van der Waals surface area (Å²) in [5.74, 6) is -1.29. The van der Waals surface area contributed by atoms with Gasteiger partial charge in [-0.2, -0.15) is 13.2 Å². The Labute approximate surface area is 142 Å². The summed E-state index contributed by atoms with van der Waals surface area (Å²) in [7, 11) is 0. The van der Waals surface area contributed by atoms with E-state index in [0.29, 0.717) is 4.90 Å². The summed E-state index contributed by atoms with van der Waals surface area (Å²) in [6, 6.07) is 11.1. The molecular weight excluding hydrogens is 428 g/mol. The Morgan fingerprint density at radius 3 is 2.23 bits per heavy atom. The topological polar surface area (TPSA) is 37.3 Å². The third kappa shape index (κ3) is 4.64. The lowest BCUT2D eigenvalue weighted by Crippen LogP contribution is -2.12. The quantitative estimate of drug-likeness (QED) is 0.677. The highest BCUT2D eigenvalue weighted by Crippen LogP contribution is 2.37. The van der Waals surface area contributed by atoms with Gasteiger partial charge < -0.3 is 5.11 Å². The molecule has 0 bridgehead atoms. The fourth-order valence-corrected chi connectivity index (χ4v) is 3.06. The van der Waals surface area contributed by atoms with Crippen molar-refractivity contribution in [2.45, 2.75) is 22.4 Å². The SMILES string of the molecule is O=C(O)Cc1ccc(Sc2ccc(I)cc2)cc1C(F)(F)F. The summed E-state index contributed by atoms with van der Waals surface area (Å²) >= 11 is 3.35. The Bertz CT molecular complexity index is 684. The second-order valence-electron chi connectivity index (χ2n) is 4.44. The minimum atomic E-state index is -4.58. The molecule has 0 amide bonds. The van der Waals surface area contributed by atoms with Crippen LogP contribution in [0.15, 0.2) is 52.3 Å². The Hall–Kier alpha value is -1.22. The van der Waals surface area contributed by atoms with Crippen LogP contribution in [-0.2, 0) is 17.4 Å². The molecule has 0 saturated heterocycles. The van der Waals surface area contributed by atoms with Crippen molar-refractivity contribution in [3.05, 3.63) is 57.2 Å². The van der Waals surface area contributed by atoms with Crippen LogP contribution in [0.2, 0.25) is 0 Å². The van der Waals surface area contributed by atoms with Gasteiger partial charge in [-0.3, -0.25) is 4.79 Å². The summed E-state index contributed by atoms with van der Waals surface area (Å²) in [5, 5.41) is 8.71. The molecular formula is C15H10F3IO2S. The van der Waals surface area contributed by atoms with E-state index in [-0.39, 0.29) is 5.56 Å². The minimum absolute atomic E-state index is 0.230. The minimum Gasteiger partial charge on any atom is -0.481 e. The molecule has 0 spiro atoms. The molecule has 0 aromatic heterocycles. The second kappa shape index (κ2) is 6.91. The van der Waals surface area contributed by atoms with Crippen LogP contribution in [0.3, 0.4) is 0 Å². The highest BCUT2D eigenvalue weighted by Gasteiger charge is 2.34. The van der Waals surface area contributed by atoms with Gasteiger partial charge in [-0.1, -0.05) is 17.8 Å². The van der Waals surface area contributed by atoms with Crippen LogP contribution in [0.25, 0.3) is 0 Å². The Morgan fingerprint density at radius 1 is 1.09 bits per heavy atom. The summed E-state index contributed by atoms with van der Waals surface area (Å²) in [5.41, 5.74) is -1.13. The van der Waals surface area contributed by atoms with Gasteiger partial charge in [0.15, 0.2) is 0 Å². The average molecular weight is 438 g/mol. The number of rotatable bonds is 4. The zero-order valence-corrected chi connectivity index (χ0v) is 14.0. The first kappa shape index (κ1) is 17.1. The lowest BCUT2D eigenvalue weighted by molar-refractivity contribution is -0.139. The second-order valence-corrected chi connectivity index (χ2v) is 6.84. The van der Waals surface area contributed by atoms with Crippen LogP contribution in [0.4, 0.5) is 13.2 Å². The van der Waals surface area contributed by atoms with Gasteiger partial charge in [-0.05, 0) is 64.6 Å². The van der Waals surface area contributed by atoms with Crippen molar-refractivity contribution < 1.29 is 23.1 Å². The lowest BCUT2D eigenvalue weighted by atomic mass is 10.0. The van der Waals surface area contributed by atoms with Crippen LogP contribution >= 0.6 is 34.4 Å². The van der Waals surface area contributed by atoms with E-state index in [1.807, 2.05) is 24.3 Å². The van der Waals surface area contributed by atoms with E-state index in [1.165, 1.54) is 23.9 Å². The summed E-state index contributed by atoms with van der Waals surface area (Å²) < 4.78 is 40.2. The molecule has 0 unspecified atom stereocenters. The van der Waals surface area contributed by atoms with Crippen LogP contribution in [0.1, 0.15) is 11.1 Å². The van der Waals surface area contributed by atoms with Crippen molar-refractivity contribution in [3.8, 4) is 0 Å². The molecule has 0 atom stereocenters. The highest BCUT2D eigenvalue weighted by molar-refractivity contribution is 14.1. The molecule has 0 aliphatic heterocycles. The largest absolute Gasteiger partial charge is 0.481 e. The average Bonchev–Trinajstić information content (AvgIpc) is 2.41. The molecule has 2 aromatic carbocycles. The van der Waals surface area contributed by atoms with Gasteiger partial charge in [-0.25, -0.2) is 0 Å². The van der Waals surface area contributed by atoms with Gasteiger partial charge in [-0.15, -0.1) is 0 Å². The van der Waals surface area contributed by atoms with Gasteiger partial charge >= 0.3 is 12.1 Å². The van der Waals surface area contributed by atoms with Crippen LogP contribution in [-0.4, -0.2) is 11.1 Å². The number of carbonyl (C=O) groups is 1. The highest BCUT2D eigenvalue weighted by atomic mass is 127. The van der Waals surface area contributed by atoms with Crippen LogP contribution in [0.5, 0.6) is 0 Å². The molecule has 0 radical (unpaired) electrons. The number of carboxylic acid groups (broad SMARTS) is 1. The first-order valence-corrected chi connectivity index (χ1v) is 8.00. The first-order valence-electron chi connectivity index (χ1n) is 6.11. The maximum absolute atomic E-state index is 13.1. The van der Waals surface area contributed by atoms with E-state index in [2.05, 4.69) is 22.6 Å². The van der Waals surface area contributed by atoms with E-state index in [0.717, 1.165) is 14.5 Å². The molecule has 0 aliphatic rings. The molecule has 2 rings (SSSR count). The smallest absolute Gasteiger partial charge is 0.416 e. The van der Waals surface area contributed by atoms with Gasteiger partial charge in [0, 0.05) is 13.4 Å². The number of hydrogen-bond donors (Lipinski definition) is 1. The fraction of sp³-hybridized carbons (Fsp3) is 0.133. The Morgan fingerprint density at radius 2 is 1.68 bits per heavy atom. The molecule has 0 aliphatic carbocycles. The zero-order valence-electron chi connectivity index (χ0n) is 11.0. The van der Waals surface area contributed by atoms with Gasteiger partial charge in [0.2, 0.25) is 0 Å². The molecule has 0 heterocycles. The summed E-state index contributed by atoms with van der Waals surface area (Å²) in [4.78, 5) is 11.9. The standard InChI is InChI=1S/C15H10F3IO2S/c16-15(17,18)13-8-12(4-1-9(13)7-14(20)21)22-11-5-2-10(19)3-6-11/h1-6,8H,7H2,(H,20,21). The van der Waals surface area contributed by atoms with E-state index < -0.39 is 24.1 Å². The number of halogens is 4. The maximum Gasteiger partial charge on any atom is 0.416 e. The van der Waals surface area contributed by atoms with Gasteiger partial charge in [0.05, 0.1) is 12.0 Å². The molecule has 2 nitrogen and oxygen atoms in total. The van der Waals surface area contributed by atoms with Gasteiger partial charge in [0.1, 0.15) is 0 Å². The summed E-state index contributed by atoms with van der Waals surface area (Å²) in [6.45, 7) is 0. The molecule has 1 N–H and O–H groups in total. The predicted molar refractivity (Wildman–Crippen MR) is 86.1 cm³/mol. The van der Waals surface area contributed by atoms with E-state index in [4.69, 9.17) is 5.11 Å². The monoisotopic (exact) mass is 438 g/mol. The van der Waals surface area contributed by atoms with Crippen LogP contribution < -0.4 is 0 Å². The third-order valence-electron chi connectivity index (χ3n) is 2.78. The van der Waals surface area contributed by atoms with Crippen molar-refractivity contribution in [2.24, 2.45) is 0 Å². The van der Waals surface area contributed by atoms with Crippen LogP contribution in [0, 0.1) is 3.57 Å². The molecule has 0 fully saturated rings. The Kier molecular flexibility index (Phi) is 5.38. The van der Waals surface area contributed by atoms with Crippen molar-refractivity contribution in [2.75, 3.05) is 0 Å². The third-order valence-corrected chi connectivity index (χ3v) is 4.49. The molecule has 22 heavy (non-hydrogen) atoms. The fourth-order valence-electron chi connectivity index (χ4n) is 1.84. The lowest BCUT2D eigenvalue weighted by Gasteiger charge is -2.13. The van der Waals surface area contributed by atoms with E-state index >= 15 is 0 Å². The van der Waals surface area contributed by atoms with E-state index in [9.17, 15) is 18.0 Å². The van der Waals surface area contributed by atoms with Crippen molar-refractivity contribution in [3.63, 3.8) is 0 Å². The Balaban J connectivity index is 2.33. The molecule has 7 heteroatoms. The summed E-state index contributed by atoms with van der Waals surface area (Å²) in [6.07, 6.45) is -5.23. The number of hydrogen-bond acceptors (Lipinski definition) is 2. The maximum atomic E-state index is 13.1. The van der Waals surface area contributed by atoms with E-state index in [1.54, 1.807) is 0 Å². The number of benzene rings is 2. The van der Waals surface area contributed by atoms with Gasteiger partial charge in [0.25, 0.3) is 0 Å². The van der Waals surface area contributed by atoms with Crippen molar-refractivity contribution in [1.29, 1.82) is 0 Å². The molecule has 116 valence electrons. The molecule has 0 saturated carbocycles. The molecule has 2 aromatic rings. The van der Waals surface area contributed by atoms with Crippen molar-refractivity contribution in [1.82, 2.24) is 0 Å². The van der Waals surface area contributed by atoms with Crippen molar-refractivity contribution >= 4 is 40.3 Å². The first-order chi connectivity index (χ1) is 10.3. The number of alkyl halides is 3. The number of carboxylic acids is 1. The normalized spacial score (nSPS) is 11.5.